The van der Waals surface area contributed by atoms with Gasteiger partial charge in [0.2, 0.25) is 0 Å². The number of hydrogen-bond donors (Lipinski definition) is 1. The van der Waals surface area contributed by atoms with Gasteiger partial charge in [-0.1, -0.05) is 30.3 Å². The predicted molar refractivity (Wildman–Crippen MR) is 60.4 cm³/mol. The number of nitrogens with zero attached hydrogens (tertiary/aromatic N) is 2. The van der Waals surface area contributed by atoms with Crippen molar-refractivity contribution in [3.8, 4) is 0 Å². The molecule has 0 bridgehead atoms. The summed E-state index contributed by atoms with van der Waals surface area (Å²) in [5.41, 5.74) is 9.32. The topological polar surface area (TPSA) is 43.8 Å². The van der Waals surface area contributed by atoms with Crippen LogP contribution in [0, 0.1) is 6.92 Å². The minimum Gasteiger partial charge on any atom is -0.319 e. The van der Waals surface area contributed by atoms with E-state index in [0.29, 0.717) is 0 Å². The summed E-state index contributed by atoms with van der Waals surface area (Å²) in [4.78, 5) is 0. The van der Waals surface area contributed by atoms with Crippen molar-refractivity contribution in [1.29, 1.82) is 0 Å². The number of benzene rings is 1. The molecule has 1 aromatic carbocycles. The van der Waals surface area contributed by atoms with E-state index in [4.69, 9.17) is 5.73 Å². The molecule has 1 heterocycles. The van der Waals surface area contributed by atoms with Crippen molar-refractivity contribution in [3.63, 3.8) is 0 Å². The molecule has 0 saturated heterocycles. The maximum absolute atomic E-state index is 6.17. The Hall–Kier alpha value is -1.61. The smallest absolute Gasteiger partial charge is 0.0723 e. The highest BCUT2D eigenvalue weighted by Crippen LogP contribution is 2.19. The van der Waals surface area contributed by atoms with E-state index in [1.807, 2.05) is 55.1 Å². The van der Waals surface area contributed by atoms with E-state index in [9.17, 15) is 0 Å². The molecular weight excluding hydrogens is 186 g/mol. The van der Waals surface area contributed by atoms with E-state index >= 15 is 0 Å². The number of rotatable bonds is 2. The van der Waals surface area contributed by atoms with Gasteiger partial charge >= 0.3 is 0 Å². The third kappa shape index (κ3) is 1.92. The van der Waals surface area contributed by atoms with E-state index in [2.05, 4.69) is 5.10 Å². The van der Waals surface area contributed by atoms with Crippen molar-refractivity contribution < 1.29 is 0 Å². The van der Waals surface area contributed by atoms with E-state index in [0.717, 1.165) is 17.0 Å². The van der Waals surface area contributed by atoms with Gasteiger partial charge in [0, 0.05) is 7.05 Å². The van der Waals surface area contributed by atoms with Crippen LogP contribution in [-0.4, -0.2) is 9.78 Å². The van der Waals surface area contributed by atoms with Gasteiger partial charge in [-0.15, -0.1) is 0 Å². The van der Waals surface area contributed by atoms with Crippen LogP contribution < -0.4 is 5.73 Å². The number of aromatic nitrogens is 2. The van der Waals surface area contributed by atoms with Crippen molar-refractivity contribution in [2.75, 3.05) is 0 Å². The lowest BCUT2D eigenvalue weighted by molar-refractivity contribution is 0.669. The molecular formula is C12H15N3. The molecule has 2 N–H and O–H groups in total. The summed E-state index contributed by atoms with van der Waals surface area (Å²) in [6.45, 7) is 1.97. The minimum absolute atomic E-state index is 0.0996. The van der Waals surface area contributed by atoms with Gasteiger partial charge in [-0.3, -0.25) is 4.68 Å². The van der Waals surface area contributed by atoms with Crippen LogP contribution in [0.4, 0.5) is 0 Å². The second kappa shape index (κ2) is 3.87. The van der Waals surface area contributed by atoms with Gasteiger partial charge in [-0.2, -0.15) is 5.10 Å². The fourth-order valence-corrected chi connectivity index (χ4v) is 1.75. The van der Waals surface area contributed by atoms with Gasteiger partial charge in [-0.05, 0) is 18.6 Å². The minimum atomic E-state index is -0.0996. The zero-order valence-corrected chi connectivity index (χ0v) is 9.01. The van der Waals surface area contributed by atoms with Crippen molar-refractivity contribution in [3.05, 3.63) is 53.3 Å². The van der Waals surface area contributed by atoms with Gasteiger partial charge in [0.15, 0.2) is 0 Å². The number of nitrogens with two attached hydrogens (primary N) is 1. The summed E-state index contributed by atoms with van der Waals surface area (Å²) in [5, 5.41) is 4.29. The standard InChI is InChI=1S/C12H15N3/c1-9-8-11(15(2)14-9)12(13)10-6-4-3-5-7-10/h3-8,12H,13H2,1-2H3. The largest absolute Gasteiger partial charge is 0.319 e. The van der Waals surface area contributed by atoms with Gasteiger partial charge in [0.25, 0.3) is 0 Å². The number of aryl methyl sites for hydroxylation is 2. The lowest BCUT2D eigenvalue weighted by Gasteiger charge is -2.11. The SMILES string of the molecule is Cc1cc(C(N)c2ccccc2)n(C)n1. The average molecular weight is 201 g/mol. The third-order valence-corrected chi connectivity index (χ3v) is 2.52. The Bertz CT molecular complexity index is 445. The Morgan fingerprint density at radius 2 is 1.93 bits per heavy atom. The first-order chi connectivity index (χ1) is 7.18. The molecule has 0 aliphatic rings. The van der Waals surface area contributed by atoms with Gasteiger partial charge < -0.3 is 5.73 Å². The summed E-state index contributed by atoms with van der Waals surface area (Å²) >= 11 is 0. The maximum atomic E-state index is 6.17. The van der Waals surface area contributed by atoms with E-state index < -0.39 is 0 Å². The third-order valence-electron chi connectivity index (χ3n) is 2.52. The van der Waals surface area contributed by atoms with Crippen LogP contribution in [0.25, 0.3) is 0 Å². The van der Waals surface area contributed by atoms with Crippen molar-refractivity contribution in [2.45, 2.75) is 13.0 Å². The first kappa shape index (κ1) is 9.93. The van der Waals surface area contributed by atoms with Gasteiger partial charge in [0.05, 0.1) is 17.4 Å². The molecule has 0 spiro atoms. The van der Waals surface area contributed by atoms with Crippen LogP contribution in [-0.2, 0) is 7.05 Å². The molecule has 0 saturated carbocycles. The molecule has 0 aliphatic heterocycles. The van der Waals surface area contributed by atoms with Crippen LogP contribution in [0.2, 0.25) is 0 Å². The summed E-state index contributed by atoms with van der Waals surface area (Å²) < 4.78 is 1.84. The summed E-state index contributed by atoms with van der Waals surface area (Å²) in [5.74, 6) is 0. The van der Waals surface area contributed by atoms with Crippen molar-refractivity contribution in [1.82, 2.24) is 9.78 Å². The van der Waals surface area contributed by atoms with Crippen molar-refractivity contribution >= 4 is 0 Å². The summed E-state index contributed by atoms with van der Waals surface area (Å²) in [6.07, 6.45) is 0. The Morgan fingerprint density at radius 1 is 1.27 bits per heavy atom. The quantitative estimate of drug-likeness (QED) is 0.804. The first-order valence-electron chi connectivity index (χ1n) is 4.99. The van der Waals surface area contributed by atoms with Crippen molar-refractivity contribution in [2.24, 2.45) is 12.8 Å². The Kier molecular flexibility index (Phi) is 2.56. The zero-order valence-electron chi connectivity index (χ0n) is 9.01. The van der Waals surface area contributed by atoms with Crippen LogP contribution in [0.1, 0.15) is 23.0 Å². The van der Waals surface area contributed by atoms with Crippen LogP contribution in [0.3, 0.4) is 0 Å². The molecule has 15 heavy (non-hydrogen) atoms. The Balaban J connectivity index is 2.36. The van der Waals surface area contributed by atoms with E-state index in [1.54, 1.807) is 0 Å². The first-order valence-corrected chi connectivity index (χ1v) is 4.99. The highest BCUT2D eigenvalue weighted by Gasteiger charge is 2.12. The molecule has 1 atom stereocenters. The molecule has 0 aliphatic carbocycles. The fourth-order valence-electron chi connectivity index (χ4n) is 1.75. The van der Waals surface area contributed by atoms with Crippen LogP contribution in [0.15, 0.2) is 36.4 Å². The lowest BCUT2D eigenvalue weighted by Crippen LogP contribution is -2.15. The normalized spacial score (nSPS) is 12.7. The summed E-state index contributed by atoms with van der Waals surface area (Å²) in [7, 11) is 1.92. The maximum Gasteiger partial charge on any atom is 0.0723 e. The van der Waals surface area contributed by atoms with Gasteiger partial charge in [0.1, 0.15) is 0 Å². The predicted octanol–water partition coefficient (Wildman–Crippen LogP) is 1.78. The van der Waals surface area contributed by atoms with E-state index in [1.165, 1.54) is 0 Å². The summed E-state index contributed by atoms with van der Waals surface area (Å²) in [6, 6.07) is 12.0. The molecule has 1 unspecified atom stereocenters. The Labute approximate surface area is 89.5 Å². The molecule has 3 nitrogen and oxygen atoms in total. The number of hydrogen-bond acceptors (Lipinski definition) is 2. The van der Waals surface area contributed by atoms with Gasteiger partial charge in [-0.25, -0.2) is 0 Å². The average Bonchev–Trinajstić information content (AvgIpc) is 2.58. The molecule has 2 aromatic rings. The zero-order chi connectivity index (χ0) is 10.8. The second-order valence-electron chi connectivity index (χ2n) is 3.72. The molecule has 0 radical (unpaired) electrons. The molecule has 1 aromatic heterocycles. The Morgan fingerprint density at radius 3 is 2.47 bits per heavy atom. The molecule has 0 amide bonds. The lowest BCUT2D eigenvalue weighted by atomic mass is 10.0. The molecule has 2 rings (SSSR count). The molecule has 78 valence electrons. The fraction of sp³-hybridized carbons (Fsp3) is 0.250. The molecule has 0 fully saturated rings. The van der Waals surface area contributed by atoms with Crippen LogP contribution in [0.5, 0.6) is 0 Å². The highest BCUT2D eigenvalue weighted by atomic mass is 15.3. The molecule has 3 heteroatoms. The monoisotopic (exact) mass is 201 g/mol. The van der Waals surface area contributed by atoms with Crippen LogP contribution >= 0.6 is 0 Å². The highest BCUT2D eigenvalue weighted by molar-refractivity contribution is 5.27. The van der Waals surface area contributed by atoms with E-state index in [-0.39, 0.29) is 6.04 Å². The second-order valence-corrected chi connectivity index (χ2v) is 3.72.